The van der Waals surface area contributed by atoms with E-state index in [1.54, 1.807) is 37.2 Å². The fourth-order valence-electron chi connectivity index (χ4n) is 3.14. The molecule has 10 heteroatoms. The highest BCUT2D eigenvalue weighted by molar-refractivity contribution is 7.99. The van der Waals surface area contributed by atoms with Crippen molar-refractivity contribution in [2.45, 2.75) is 10.1 Å². The molecule has 0 saturated heterocycles. The fourth-order valence-corrected chi connectivity index (χ4v) is 4.42. The van der Waals surface area contributed by atoms with E-state index in [1.807, 2.05) is 71.5 Å². The molecule has 0 saturated carbocycles. The number of hydrogen-bond donors (Lipinski definition) is 1. The first-order chi connectivity index (χ1) is 17.1. The molecule has 4 aromatic rings. The molecule has 0 atom stereocenters. The Labute approximate surface area is 216 Å². The number of hydrogen-bond acceptors (Lipinski definition) is 7. The maximum atomic E-state index is 12.4. The highest BCUT2D eigenvalue weighted by atomic mass is 35.5. The molecule has 0 bridgehead atoms. The van der Waals surface area contributed by atoms with Gasteiger partial charge in [0.05, 0.1) is 19.1 Å². The average molecular weight is 524 g/mol. The third-order valence-corrected chi connectivity index (χ3v) is 6.84. The molecule has 0 spiro atoms. The predicted octanol–water partition coefficient (Wildman–Crippen LogP) is 5.56. The molecule has 0 aliphatic heterocycles. The van der Waals surface area contributed by atoms with Crippen molar-refractivity contribution in [2.24, 2.45) is 5.10 Å². The summed E-state index contributed by atoms with van der Waals surface area (Å²) in [6.07, 6.45) is 3.64. The molecule has 1 heterocycles. The Morgan fingerprint density at radius 3 is 2.43 bits per heavy atom. The number of carbonyl (C=O) groups is 1. The van der Waals surface area contributed by atoms with E-state index in [0.717, 1.165) is 22.6 Å². The minimum absolute atomic E-state index is 0.122. The van der Waals surface area contributed by atoms with Crippen LogP contribution >= 0.6 is 35.1 Å². The lowest BCUT2D eigenvalue weighted by molar-refractivity contribution is -0.118. The van der Waals surface area contributed by atoms with Crippen LogP contribution in [0.15, 0.2) is 87.9 Å². The molecule has 7 nitrogen and oxygen atoms in total. The molecule has 4 rings (SSSR count). The van der Waals surface area contributed by atoms with Gasteiger partial charge in [0.25, 0.3) is 5.91 Å². The number of ether oxygens (including phenoxy) is 1. The van der Waals surface area contributed by atoms with Gasteiger partial charge in [-0.05, 0) is 72.5 Å². The normalized spacial score (nSPS) is 11.1. The van der Waals surface area contributed by atoms with E-state index in [4.69, 9.17) is 16.3 Å². The number of amides is 1. The maximum Gasteiger partial charge on any atom is 0.250 e. The van der Waals surface area contributed by atoms with E-state index in [-0.39, 0.29) is 11.7 Å². The molecule has 0 aliphatic rings. The van der Waals surface area contributed by atoms with Crippen LogP contribution in [0, 0.1) is 0 Å². The highest BCUT2D eigenvalue weighted by Gasteiger charge is 2.17. The van der Waals surface area contributed by atoms with Crippen LogP contribution in [0.3, 0.4) is 0 Å². The zero-order chi connectivity index (χ0) is 24.6. The lowest BCUT2D eigenvalue weighted by Crippen LogP contribution is -2.20. The van der Waals surface area contributed by atoms with Crippen LogP contribution in [0.2, 0.25) is 5.02 Å². The Kier molecular flexibility index (Phi) is 8.46. The minimum Gasteiger partial charge on any atom is -0.497 e. The van der Waals surface area contributed by atoms with Crippen molar-refractivity contribution >= 4 is 47.2 Å². The van der Waals surface area contributed by atoms with E-state index in [9.17, 15) is 4.79 Å². The van der Waals surface area contributed by atoms with Crippen LogP contribution in [0.1, 0.15) is 5.56 Å². The second-order valence-electron chi connectivity index (χ2n) is 7.20. The van der Waals surface area contributed by atoms with E-state index >= 15 is 0 Å². The van der Waals surface area contributed by atoms with Crippen LogP contribution in [0.4, 0.5) is 0 Å². The smallest absolute Gasteiger partial charge is 0.250 e. The maximum absolute atomic E-state index is 12.4. The molecule has 178 valence electrons. The van der Waals surface area contributed by atoms with E-state index < -0.39 is 0 Å². The van der Waals surface area contributed by atoms with Crippen LogP contribution in [-0.2, 0) is 4.79 Å². The van der Waals surface area contributed by atoms with Crippen molar-refractivity contribution in [3.63, 3.8) is 0 Å². The molecule has 3 aromatic carbocycles. The van der Waals surface area contributed by atoms with Gasteiger partial charge >= 0.3 is 0 Å². The summed E-state index contributed by atoms with van der Waals surface area (Å²) in [6.45, 7) is 0. The first-order valence-electron chi connectivity index (χ1n) is 10.5. The Bertz CT molecular complexity index is 1310. The first kappa shape index (κ1) is 24.8. The summed E-state index contributed by atoms with van der Waals surface area (Å²) in [4.78, 5) is 13.6. The van der Waals surface area contributed by atoms with Crippen molar-refractivity contribution in [3.05, 3.63) is 83.4 Å². The molecule has 0 fully saturated rings. The van der Waals surface area contributed by atoms with Gasteiger partial charge in [0.2, 0.25) is 0 Å². The summed E-state index contributed by atoms with van der Waals surface area (Å²) in [5.41, 5.74) is 5.16. The topological polar surface area (TPSA) is 81.4 Å². The number of benzene rings is 3. The zero-order valence-electron chi connectivity index (χ0n) is 19.0. The largest absolute Gasteiger partial charge is 0.497 e. The van der Waals surface area contributed by atoms with E-state index in [1.165, 1.54) is 16.7 Å². The number of rotatable bonds is 9. The lowest BCUT2D eigenvalue weighted by atomic mass is 10.2. The minimum atomic E-state index is -0.247. The molecular formula is C25H22ClN5O2S2. The Morgan fingerprint density at radius 2 is 1.77 bits per heavy atom. The highest BCUT2D eigenvalue weighted by Crippen LogP contribution is 2.29. The summed E-state index contributed by atoms with van der Waals surface area (Å²) >= 11 is 9.03. The van der Waals surface area contributed by atoms with Crippen molar-refractivity contribution in [3.8, 4) is 22.8 Å². The number of hydrazone groups is 1. The van der Waals surface area contributed by atoms with E-state index in [2.05, 4.69) is 20.7 Å². The standard InChI is InChI=1S/C25H22ClN5O2S2/c1-33-21-11-5-18(6-12-21)24-29-30-25(31(24)20-9-7-19(26)8-10-20)35-16-23(32)28-27-15-17-3-13-22(34-2)14-4-17/h3-15H,16H2,1-2H3,(H,28,32)/b27-15+. The molecule has 1 aromatic heterocycles. The molecular weight excluding hydrogens is 502 g/mol. The van der Waals surface area contributed by atoms with Crippen LogP contribution in [0.25, 0.3) is 17.1 Å². The van der Waals surface area contributed by atoms with Crippen LogP contribution in [0.5, 0.6) is 5.75 Å². The first-order valence-corrected chi connectivity index (χ1v) is 13.1. The summed E-state index contributed by atoms with van der Waals surface area (Å²) in [5, 5.41) is 14.0. The molecule has 0 radical (unpaired) electrons. The monoisotopic (exact) mass is 523 g/mol. The second kappa shape index (κ2) is 11.9. The fraction of sp³-hybridized carbons (Fsp3) is 0.120. The van der Waals surface area contributed by atoms with Crippen LogP contribution < -0.4 is 10.2 Å². The van der Waals surface area contributed by atoms with Gasteiger partial charge in [0, 0.05) is 21.2 Å². The molecule has 0 unspecified atom stereocenters. The average Bonchev–Trinajstić information content (AvgIpc) is 3.32. The third kappa shape index (κ3) is 6.45. The number of aromatic nitrogens is 3. The van der Waals surface area contributed by atoms with Crippen molar-refractivity contribution < 1.29 is 9.53 Å². The van der Waals surface area contributed by atoms with Crippen molar-refractivity contribution in [2.75, 3.05) is 19.1 Å². The van der Waals surface area contributed by atoms with Crippen molar-refractivity contribution in [1.82, 2.24) is 20.2 Å². The summed E-state index contributed by atoms with van der Waals surface area (Å²) < 4.78 is 7.15. The number of carbonyl (C=O) groups excluding carboxylic acids is 1. The molecule has 0 aliphatic carbocycles. The third-order valence-electron chi connectivity index (χ3n) is 4.92. The van der Waals surface area contributed by atoms with Gasteiger partial charge in [-0.2, -0.15) is 5.10 Å². The number of methoxy groups -OCH3 is 1. The van der Waals surface area contributed by atoms with Gasteiger partial charge in [-0.25, -0.2) is 5.43 Å². The summed E-state index contributed by atoms with van der Waals surface area (Å²) in [6, 6.07) is 22.8. The molecule has 35 heavy (non-hydrogen) atoms. The van der Waals surface area contributed by atoms with Gasteiger partial charge < -0.3 is 4.74 Å². The van der Waals surface area contributed by atoms with E-state index in [0.29, 0.717) is 16.0 Å². The van der Waals surface area contributed by atoms with Crippen LogP contribution in [-0.4, -0.2) is 46.0 Å². The molecule has 1 amide bonds. The Morgan fingerprint density at radius 1 is 1.06 bits per heavy atom. The van der Waals surface area contributed by atoms with Crippen molar-refractivity contribution in [1.29, 1.82) is 0 Å². The number of halogens is 1. The summed E-state index contributed by atoms with van der Waals surface area (Å²) in [7, 11) is 1.62. The van der Waals surface area contributed by atoms with Gasteiger partial charge in [-0.1, -0.05) is 35.5 Å². The number of nitrogens with one attached hydrogen (secondary N) is 1. The lowest BCUT2D eigenvalue weighted by Gasteiger charge is -2.11. The number of thioether (sulfide) groups is 2. The van der Waals surface area contributed by atoms with Gasteiger partial charge in [-0.3, -0.25) is 9.36 Å². The Balaban J connectivity index is 1.49. The quantitative estimate of drug-likeness (QED) is 0.176. The van der Waals surface area contributed by atoms with Gasteiger partial charge in [-0.15, -0.1) is 22.0 Å². The predicted molar refractivity (Wildman–Crippen MR) is 143 cm³/mol. The number of nitrogens with zero attached hydrogens (tertiary/aromatic N) is 4. The zero-order valence-corrected chi connectivity index (χ0v) is 21.4. The summed E-state index contributed by atoms with van der Waals surface area (Å²) in [5.74, 6) is 1.27. The Hall–Kier alpha value is -3.27. The van der Waals surface area contributed by atoms with Gasteiger partial charge in [0.15, 0.2) is 11.0 Å². The molecule has 1 N–H and O–H groups in total. The second-order valence-corrected chi connectivity index (χ2v) is 9.46. The SMILES string of the molecule is COc1ccc(-c2nnc(SCC(=O)N/N=C/c3ccc(SC)cc3)n2-c2ccc(Cl)cc2)cc1. The van der Waals surface area contributed by atoms with Gasteiger partial charge in [0.1, 0.15) is 5.75 Å².